The van der Waals surface area contributed by atoms with E-state index in [1.807, 2.05) is 6.92 Å². The molecule has 2 unspecified atom stereocenters. The summed E-state index contributed by atoms with van der Waals surface area (Å²) in [5.41, 5.74) is -0.383. The first kappa shape index (κ1) is 12.3. The van der Waals surface area contributed by atoms with Crippen LogP contribution in [0.2, 0.25) is 0 Å². The normalized spacial score (nSPS) is 30.9. The molecular formula is C12H24N2O2. The topological polar surface area (TPSA) is 55.7 Å². The first-order valence-corrected chi connectivity index (χ1v) is 6.38. The first-order valence-electron chi connectivity index (χ1n) is 6.38. The molecule has 2 saturated heterocycles. The molecule has 94 valence electrons. The third-order valence-corrected chi connectivity index (χ3v) is 4.16. The van der Waals surface area contributed by atoms with Gasteiger partial charge in [-0.15, -0.1) is 0 Å². The van der Waals surface area contributed by atoms with E-state index in [2.05, 4.69) is 10.2 Å². The highest BCUT2D eigenvalue weighted by Gasteiger charge is 2.37. The average molecular weight is 228 g/mol. The zero-order valence-corrected chi connectivity index (χ0v) is 10.2. The van der Waals surface area contributed by atoms with E-state index in [9.17, 15) is 10.2 Å². The molecule has 0 spiro atoms. The molecule has 4 heteroatoms. The molecule has 0 bridgehead atoms. The Morgan fingerprint density at radius 1 is 1.25 bits per heavy atom. The van der Waals surface area contributed by atoms with Gasteiger partial charge in [-0.3, -0.25) is 4.90 Å². The lowest BCUT2D eigenvalue weighted by Gasteiger charge is -2.29. The third kappa shape index (κ3) is 2.40. The van der Waals surface area contributed by atoms with Crippen molar-refractivity contribution in [1.82, 2.24) is 10.2 Å². The fourth-order valence-corrected chi connectivity index (χ4v) is 2.86. The van der Waals surface area contributed by atoms with Crippen LogP contribution in [0, 0.1) is 5.41 Å². The molecule has 2 heterocycles. The monoisotopic (exact) mass is 228 g/mol. The highest BCUT2D eigenvalue weighted by Crippen LogP contribution is 2.28. The maximum absolute atomic E-state index is 9.24. The van der Waals surface area contributed by atoms with Crippen LogP contribution in [0.4, 0.5) is 0 Å². The second-order valence-corrected chi connectivity index (χ2v) is 5.65. The zero-order chi connectivity index (χ0) is 11.6. The predicted octanol–water partition coefficient (Wildman–Crippen LogP) is -0.196. The summed E-state index contributed by atoms with van der Waals surface area (Å²) >= 11 is 0. The van der Waals surface area contributed by atoms with Gasteiger partial charge in [-0.25, -0.2) is 0 Å². The molecule has 2 atom stereocenters. The summed E-state index contributed by atoms with van der Waals surface area (Å²) in [6, 6.07) is 1.25. The van der Waals surface area contributed by atoms with Crippen LogP contribution in [-0.4, -0.2) is 60.0 Å². The van der Waals surface area contributed by atoms with Crippen LogP contribution in [-0.2, 0) is 0 Å². The highest BCUT2D eigenvalue weighted by molar-refractivity contribution is 4.96. The van der Waals surface area contributed by atoms with Gasteiger partial charge in [-0.1, -0.05) is 6.92 Å². The van der Waals surface area contributed by atoms with Gasteiger partial charge in [0.15, 0.2) is 0 Å². The minimum atomic E-state index is -0.383. The van der Waals surface area contributed by atoms with Crippen molar-refractivity contribution >= 4 is 0 Å². The van der Waals surface area contributed by atoms with Crippen LogP contribution in [0.15, 0.2) is 0 Å². The number of aliphatic hydroxyl groups excluding tert-OH is 2. The fraction of sp³-hybridized carbons (Fsp3) is 1.00. The van der Waals surface area contributed by atoms with Gasteiger partial charge in [-0.05, 0) is 25.8 Å². The molecule has 0 aromatic heterocycles. The Bertz CT molecular complexity index is 231. The Balaban J connectivity index is 1.82. The Kier molecular flexibility index (Phi) is 3.85. The van der Waals surface area contributed by atoms with E-state index < -0.39 is 0 Å². The molecule has 2 fully saturated rings. The Morgan fingerprint density at radius 3 is 2.69 bits per heavy atom. The van der Waals surface area contributed by atoms with Crippen molar-refractivity contribution in [3.05, 3.63) is 0 Å². The van der Waals surface area contributed by atoms with Gasteiger partial charge >= 0.3 is 0 Å². The van der Waals surface area contributed by atoms with E-state index in [1.54, 1.807) is 0 Å². The van der Waals surface area contributed by atoms with E-state index in [4.69, 9.17) is 0 Å². The quantitative estimate of drug-likeness (QED) is 0.610. The lowest BCUT2D eigenvalue weighted by Crippen LogP contribution is -2.46. The van der Waals surface area contributed by atoms with Crippen molar-refractivity contribution < 1.29 is 10.2 Å². The summed E-state index contributed by atoms with van der Waals surface area (Å²) in [5.74, 6) is 0. The Morgan fingerprint density at radius 2 is 2.00 bits per heavy atom. The molecule has 0 aliphatic carbocycles. The van der Waals surface area contributed by atoms with Crippen molar-refractivity contribution in [1.29, 1.82) is 0 Å². The number of nitrogens with zero attached hydrogens (tertiary/aromatic N) is 1. The van der Waals surface area contributed by atoms with Crippen LogP contribution < -0.4 is 5.32 Å². The van der Waals surface area contributed by atoms with Gasteiger partial charge in [0.2, 0.25) is 0 Å². The molecule has 0 aromatic rings. The summed E-state index contributed by atoms with van der Waals surface area (Å²) in [4.78, 5) is 2.56. The summed E-state index contributed by atoms with van der Waals surface area (Å²) in [6.07, 6.45) is 3.82. The van der Waals surface area contributed by atoms with Gasteiger partial charge in [0.05, 0.1) is 13.2 Å². The SMILES string of the molecule is CC(CO)(CO)CNC1CCN2CCCC12. The van der Waals surface area contributed by atoms with Gasteiger partial charge in [0.25, 0.3) is 0 Å². The maximum Gasteiger partial charge on any atom is 0.0518 e. The summed E-state index contributed by atoms with van der Waals surface area (Å²) in [5, 5.41) is 22.0. The largest absolute Gasteiger partial charge is 0.396 e. The average Bonchev–Trinajstić information content (AvgIpc) is 2.89. The molecule has 3 N–H and O–H groups in total. The molecule has 0 aromatic carbocycles. The predicted molar refractivity (Wildman–Crippen MR) is 63.3 cm³/mol. The van der Waals surface area contributed by atoms with Crippen molar-refractivity contribution in [2.75, 3.05) is 32.8 Å². The third-order valence-electron chi connectivity index (χ3n) is 4.16. The maximum atomic E-state index is 9.24. The molecule has 4 nitrogen and oxygen atoms in total. The van der Waals surface area contributed by atoms with Crippen molar-refractivity contribution in [3.63, 3.8) is 0 Å². The number of rotatable bonds is 5. The highest BCUT2D eigenvalue weighted by atomic mass is 16.3. The second-order valence-electron chi connectivity index (χ2n) is 5.65. The second kappa shape index (κ2) is 5.00. The van der Waals surface area contributed by atoms with Crippen molar-refractivity contribution in [2.24, 2.45) is 5.41 Å². The van der Waals surface area contributed by atoms with E-state index in [0.717, 1.165) is 0 Å². The van der Waals surface area contributed by atoms with Gasteiger partial charge < -0.3 is 15.5 Å². The van der Waals surface area contributed by atoms with Gasteiger partial charge in [0, 0.05) is 30.6 Å². The lowest BCUT2D eigenvalue weighted by molar-refractivity contribution is 0.0663. The van der Waals surface area contributed by atoms with E-state index in [0.29, 0.717) is 18.6 Å². The number of aliphatic hydroxyl groups is 2. The van der Waals surface area contributed by atoms with Crippen LogP contribution in [0.3, 0.4) is 0 Å². The number of hydrogen-bond donors (Lipinski definition) is 3. The van der Waals surface area contributed by atoms with Gasteiger partial charge in [-0.2, -0.15) is 0 Å². The Hall–Kier alpha value is -0.160. The molecule has 0 saturated carbocycles. The number of fused-ring (bicyclic) bond motifs is 1. The zero-order valence-electron chi connectivity index (χ0n) is 10.2. The number of hydrogen-bond acceptors (Lipinski definition) is 4. The molecule has 0 amide bonds. The van der Waals surface area contributed by atoms with Gasteiger partial charge in [0.1, 0.15) is 0 Å². The standard InChI is InChI=1S/C12H24N2O2/c1-12(8-15,9-16)7-13-10-4-6-14-5-2-3-11(10)14/h10-11,13,15-16H,2-9H2,1H3. The first-order chi connectivity index (χ1) is 7.68. The minimum Gasteiger partial charge on any atom is -0.396 e. The molecule has 2 rings (SSSR count). The Labute approximate surface area is 97.6 Å². The lowest BCUT2D eigenvalue weighted by atomic mass is 9.92. The fourth-order valence-electron chi connectivity index (χ4n) is 2.86. The van der Waals surface area contributed by atoms with Crippen molar-refractivity contribution in [3.8, 4) is 0 Å². The summed E-state index contributed by atoms with van der Waals surface area (Å²) < 4.78 is 0. The molecule has 2 aliphatic heterocycles. The summed E-state index contributed by atoms with van der Waals surface area (Å²) in [7, 11) is 0. The van der Waals surface area contributed by atoms with Crippen LogP contribution in [0.1, 0.15) is 26.2 Å². The van der Waals surface area contributed by atoms with Crippen LogP contribution in [0.25, 0.3) is 0 Å². The van der Waals surface area contributed by atoms with Crippen LogP contribution >= 0.6 is 0 Å². The smallest absolute Gasteiger partial charge is 0.0518 e. The van der Waals surface area contributed by atoms with E-state index in [1.165, 1.54) is 32.4 Å². The van der Waals surface area contributed by atoms with E-state index in [-0.39, 0.29) is 18.6 Å². The number of nitrogens with one attached hydrogen (secondary N) is 1. The molecule has 0 radical (unpaired) electrons. The minimum absolute atomic E-state index is 0.0393. The molecular weight excluding hydrogens is 204 g/mol. The van der Waals surface area contributed by atoms with Crippen LogP contribution in [0.5, 0.6) is 0 Å². The van der Waals surface area contributed by atoms with Crippen molar-refractivity contribution in [2.45, 2.75) is 38.3 Å². The molecule has 16 heavy (non-hydrogen) atoms. The molecule has 2 aliphatic rings. The van der Waals surface area contributed by atoms with E-state index >= 15 is 0 Å². The summed E-state index contributed by atoms with van der Waals surface area (Å²) in [6.45, 7) is 5.16.